The van der Waals surface area contributed by atoms with Crippen LogP contribution >= 0.6 is 11.8 Å². The molecule has 1 atom stereocenters. The second kappa shape index (κ2) is 6.34. The topological polar surface area (TPSA) is 38.3 Å². The molecule has 0 aromatic rings. The fourth-order valence-electron chi connectivity index (χ4n) is 0.673. The van der Waals surface area contributed by atoms with Gasteiger partial charge in [-0.1, -0.05) is 6.92 Å². The third kappa shape index (κ3) is 6.04. The minimum atomic E-state index is -0.349. The van der Waals surface area contributed by atoms with Gasteiger partial charge in [0.15, 0.2) is 0 Å². The Balaban J connectivity index is 3.29. The van der Waals surface area contributed by atoms with Gasteiger partial charge in [0.2, 0.25) is 0 Å². The first-order valence-electron chi connectivity index (χ1n) is 3.51. The van der Waals surface area contributed by atoms with E-state index in [9.17, 15) is 4.79 Å². The summed E-state index contributed by atoms with van der Waals surface area (Å²) >= 11 is 1.78. The summed E-state index contributed by atoms with van der Waals surface area (Å²) in [5.41, 5.74) is 0. The number of rotatable bonds is 4. The van der Waals surface area contributed by atoms with Crippen LogP contribution in [0.15, 0.2) is 0 Å². The molecule has 4 heteroatoms. The molecule has 3 nitrogen and oxygen atoms in total. The fraction of sp³-hybridized carbons (Fsp3) is 0.857. The summed E-state index contributed by atoms with van der Waals surface area (Å²) < 4.78 is 4.42. The number of alkyl carbamates (subject to hydrolysis) is 1. The molecule has 0 fully saturated rings. The van der Waals surface area contributed by atoms with E-state index >= 15 is 0 Å². The van der Waals surface area contributed by atoms with Gasteiger partial charge >= 0.3 is 6.09 Å². The van der Waals surface area contributed by atoms with Crippen molar-refractivity contribution in [2.45, 2.75) is 6.92 Å². The van der Waals surface area contributed by atoms with Crippen LogP contribution in [-0.4, -0.2) is 31.8 Å². The minimum absolute atomic E-state index is 0.349. The molecule has 0 aliphatic heterocycles. The van der Waals surface area contributed by atoms with Crippen molar-refractivity contribution in [3.05, 3.63) is 0 Å². The molecule has 1 unspecified atom stereocenters. The Morgan fingerprint density at radius 1 is 1.73 bits per heavy atom. The number of methoxy groups -OCH3 is 1. The molecule has 1 N–H and O–H groups in total. The third-order valence-corrected chi connectivity index (χ3v) is 2.13. The number of hydrogen-bond donors (Lipinski definition) is 1. The molecule has 0 radical (unpaired) electrons. The summed E-state index contributed by atoms with van der Waals surface area (Å²) in [6.45, 7) is 2.78. The van der Waals surface area contributed by atoms with E-state index in [4.69, 9.17) is 0 Å². The van der Waals surface area contributed by atoms with Gasteiger partial charge in [-0.2, -0.15) is 11.8 Å². The van der Waals surface area contributed by atoms with E-state index in [1.807, 2.05) is 0 Å². The second-order valence-corrected chi connectivity index (χ2v) is 3.34. The van der Waals surface area contributed by atoms with E-state index in [0.29, 0.717) is 12.5 Å². The monoisotopic (exact) mass is 177 g/mol. The smallest absolute Gasteiger partial charge is 0.406 e. The fourth-order valence-corrected chi connectivity index (χ4v) is 1.36. The zero-order valence-corrected chi connectivity index (χ0v) is 8.03. The number of carbonyl (C=O) groups excluding carboxylic acids is 1. The molecule has 66 valence electrons. The lowest BCUT2D eigenvalue weighted by Crippen LogP contribution is -2.28. The molecule has 0 aromatic carbocycles. The first-order chi connectivity index (χ1) is 5.20. The van der Waals surface area contributed by atoms with Gasteiger partial charge < -0.3 is 10.1 Å². The van der Waals surface area contributed by atoms with E-state index in [1.54, 1.807) is 11.8 Å². The lowest BCUT2D eigenvalue weighted by atomic mass is 10.2. The van der Waals surface area contributed by atoms with Crippen molar-refractivity contribution in [1.29, 1.82) is 0 Å². The maximum Gasteiger partial charge on any atom is 0.406 e. The van der Waals surface area contributed by atoms with E-state index in [2.05, 4.69) is 23.2 Å². The summed E-state index contributed by atoms with van der Waals surface area (Å²) in [6.07, 6.45) is 1.70. The Bertz CT molecular complexity index is 119. The number of hydrogen-bond acceptors (Lipinski definition) is 3. The number of nitrogens with one attached hydrogen (secondary N) is 1. The van der Waals surface area contributed by atoms with E-state index in [1.165, 1.54) is 7.11 Å². The lowest BCUT2D eigenvalue weighted by Gasteiger charge is -2.09. The van der Waals surface area contributed by atoms with Gasteiger partial charge in [-0.25, -0.2) is 4.79 Å². The van der Waals surface area contributed by atoms with Gasteiger partial charge in [-0.05, 0) is 17.9 Å². The van der Waals surface area contributed by atoms with Gasteiger partial charge in [0, 0.05) is 6.54 Å². The highest BCUT2D eigenvalue weighted by molar-refractivity contribution is 7.98. The van der Waals surface area contributed by atoms with Crippen molar-refractivity contribution in [1.82, 2.24) is 5.32 Å². The van der Waals surface area contributed by atoms with Gasteiger partial charge in [0.25, 0.3) is 0 Å². The third-order valence-electron chi connectivity index (χ3n) is 1.23. The molecule has 0 saturated carbocycles. The van der Waals surface area contributed by atoms with Crippen LogP contribution in [0.3, 0.4) is 0 Å². The Hall–Kier alpha value is -0.380. The van der Waals surface area contributed by atoms with Crippen molar-refractivity contribution in [2.75, 3.05) is 25.7 Å². The van der Waals surface area contributed by atoms with E-state index in [0.717, 1.165) is 5.75 Å². The van der Waals surface area contributed by atoms with Gasteiger partial charge in [0.05, 0.1) is 7.11 Å². The highest BCUT2D eigenvalue weighted by atomic mass is 32.2. The van der Waals surface area contributed by atoms with Crippen LogP contribution in [0.25, 0.3) is 0 Å². The van der Waals surface area contributed by atoms with E-state index in [-0.39, 0.29) is 6.09 Å². The van der Waals surface area contributed by atoms with Gasteiger partial charge in [-0.15, -0.1) is 0 Å². The predicted molar refractivity (Wildman–Crippen MR) is 48.0 cm³/mol. The summed E-state index contributed by atoms with van der Waals surface area (Å²) in [7, 11) is 1.37. The van der Waals surface area contributed by atoms with Crippen LogP contribution in [0.4, 0.5) is 4.79 Å². The number of thioether (sulfide) groups is 1. The van der Waals surface area contributed by atoms with Crippen LogP contribution < -0.4 is 5.32 Å². The maximum absolute atomic E-state index is 10.6. The Morgan fingerprint density at radius 2 is 2.36 bits per heavy atom. The van der Waals surface area contributed by atoms with Crippen molar-refractivity contribution in [3.63, 3.8) is 0 Å². The molecule has 0 aliphatic rings. The maximum atomic E-state index is 10.6. The normalized spacial score (nSPS) is 12.3. The molecule has 0 rings (SSSR count). The zero-order chi connectivity index (χ0) is 8.69. The number of carbonyl (C=O) groups is 1. The predicted octanol–water partition coefficient (Wildman–Crippen LogP) is 1.34. The molecular weight excluding hydrogens is 162 g/mol. The first-order valence-corrected chi connectivity index (χ1v) is 4.90. The Morgan fingerprint density at radius 3 is 2.82 bits per heavy atom. The standard InChI is InChI=1S/C7H15NO2S/c1-6(5-11-3)4-8-7(9)10-2/h6H,4-5H2,1-3H3,(H,8,9). The number of ether oxygens (including phenoxy) is 1. The van der Waals surface area contributed by atoms with Crippen LogP contribution in [-0.2, 0) is 4.74 Å². The molecule has 0 saturated heterocycles. The molecule has 0 heterocycles. The Labute approximate surface area is 71.9 Å². The summed E-state index contributed by atoms with van der Waals surface area (Å²) in [6, 6.07) is 0. The lowest BCUT2D eigenvalue weighted by molar-refractivity contribution is 0.170. The zero-order valence-electron chi connectivity index (χ0n) is 7.22. The Kier molecular flexibility index (Phi) is 6.12. The molecular formula is C7H15NO2S. The molecule has 11 heavy (non-hydrogen) atoms. The molecule has 1 amide bonds. The largest absolute Gasteiger partial charge is 0.453 e. The SMILES string of the molecule is COC(=O)NCC(C)CSC. The quantitative estimate of drug-likeness (QED) is 0.704. The second-order valence-electron chi connectivity index (χ2n) is 2.43. The molecule has 0 aliphatic carbocycles. The summed E-state index contributed by atoms with van der Waals surface area (Å²) in [5.74, 6) is 1.56. The average molecular weight is 177 g/mol. The minimum Gasteiger partial charge on any atom is -0.453 e. The highest BCUT2D eigenvalue weighted by Crippen LogP contribution is 2.02. The van der Waals surface area contributed by atoms with Crippen molar-refractivity contribution in [3.8, 4) is 0 Å². The van der Waals surface area contributed by atoms with Crippen LogP contribution in [0.5, 0.6) is 0 Å². The van der Waals surface area contributed by atoms with Crippen molar-refractivity contribution < 1.29 is 9.53 Å². The van der Waals surface area contributed by atoms with Crippen molar-refractivity contribution >= 4 is 17.9 Å². The average Bonchev–Trinajstić information content (AvgIpc) is 2.01. The summed E-state index contributed by atoms with van der Waals surface area (Å²) in [4.78, 5) is 10.6. The number of amides is 1. The van der Waals surface area contributed by atoms with Crippen molar-refractivity contribution in [2.24, 2.45) is 5.92 Å². The van der Waals surface area contributed by atoms with E-state index < -0.39 is 0 Å². The van der Waals surface area contributed by atoms with Crippen LogP contribution in [0, 0.1) is 5.92 Å². The van der Waals surface area contributed by atoms with Gasteiger partial charge in [-0.3, -0.25) is 0 Å². The summed E-state index contributed by atoms with van der Waals surface area (Å²) in [5, 5.41) is 2.64. The van der Waals surface area contributed by atoms with Gasteiger partial charge in [0.1, 0.15) is 0 Å². The molecule has 0 bridgehead atoms. The first kappa shape index (κ1) is 10.6. The van der Waals surface area contributed by atoms with Crippen LogP contribution in [0.1, 0.15) is 6.92 Å². The highest BCUT2D eigenvalue weighted by Gasteiger charge is 2.03. The van der Waals surface area contributed by atoms with Crippen LogP contribution in [0.2, 0.25) is 0 Å². The molecule has 0 aromatic heterocycles. The molecule has 0 spiro atoms.